The van der Waals surface area contributed by atoms with E-state index in [-0.39, 0.29) is 5.91 Å². The highest BCUT2D eigenvalue weighted by atomic mass is 16.5. The van der Waals surface area contributed by atoms with Gasteiger partial charge in [0.2, 0.25) is 0 Å². The van der Waals surface area contributed by atoms with E-state index in [1.54, 1.807) is 18.2 Å². The Morgan fingerprint density at radius 2 is 1.96 bits per heavy atom. The van der Waals surface area contributed by atoms with E-state index in [1.807, 2.05) is 25.1 Å². The summed E-state index contributed by atoms with van der Waals surface area (Å²) in [6.07, 6.45) is 0.833. The Labute approximate surface area is 138 Å². The van der Waals surface area contributed by atoms with Crippen LogP contribution in [-0.2, 0) is 0 Å². The zero-order valence-electron chi connectivity index (χ0n) is 13.3. The Bertz CT molecular complexity index is 917. The van der Waals surface area contributed by atoms with Crippen LogP contribution in [0.2, 0.25) is 0 Å². The number of ether oxygens (including phenoxy) is 2. The van der Waals surface area contributed by atoms with Gasteiger partial charge in [0, 0.05) is 17.7 Å². The summed E-state index contributed by atoms with van der Waals surface area (Å²) in [5.41, 5.74) is 3.01. The fourth-order valence-electron chi connectivity index (χ4n) is 2.72. The highest BCUT2D eigenvalue weighted by Crippen LogP contribution is 2.30. The van der Waals surface area contributed by atoms with Gasteiger partial charge in [0.1, 0.15) is 5.82 Å². The smallest absolute Gasteiger partial charge is 0.255 e. The minimum absolute atomic E-state index is 0.193. The van der Waals surface area contributed by atoms with Crippen LogP contribution in [0.4, 0.5) is 5.69 Å². The molecule has 0 saturated heterocycles. The van der Waals surface area contributed by atoms with Gasteiger partial charge >= 0.3 is 0 Å². The monoisotopic (exact) mass is 323 g/mol. The molecule has 0 unspecified atom stereocenters. The third kappa shape index (κ3) is 2.78. The predicted molar refractivity (Wildman–Crippen MR) is 90.8 cm³/mol. The minimum atomic E-state index is -0.193. The van der Waals surface area contributed by atoms with E-state index in [9.17, 15) is 4.79 Å². The van der Waals surface area contributed by atoms with Gasteiger partial charge in [-0.25, -0.2) is 4.98 Å². The highest BCUT2D eigenvalue weighted by molar-refractivity contribution is 6.05. The molecule has 122 valence electrons. The summed E-state index contributed by atoms with van der Waals surface area (Å²) in [5, 5.41) is 2.90. The number of aryl methyl sites for hydroxylation is 1. The van der Waals surface area contributed by atoms with Crippen LogP contribution in [0.15, 0.2) is 36.4 Å². The molecule has 24 heavy (non-hydrogen) atoms. The first kappa shape index (κ1) is 14.6. The summed E-state index contributed by atoms with van der Waals surface area (Å²) < 4.78 is 11.2. The van der Waals surface area contributed by atoms with Crippen molar-refractivity contribution >= 4 is 22.6 Å². The fourth-order valence-corrected chi connectivity index (χ4v) is 2.72. The van der Waals surface area contributed by atoms with Gasteiger partial charge in [-0.3, -0.25) is 4.79 Å². The predicted octanol–water partition coefficient (Wildman–Crippen LogP) is 3.28. The van der Waals surface area contributed by atoms with Gasteiger partial charge in [0.05, 0.1) is 24.2 Å². The van der Waals surface area contributed by atoms with Crippen LogP contribution in [0.3, 0.4) is 0 Å². The maximum atomic E-state index is 12.5. The molecule has 1 aliphatic heterocycles. The molecule has 0 aliphatic carbocycles. The number of imidazole rings is 1. The maximum absolute atomic E-state index is 12.5. The molecule has 3 aromatic rings. The van der Waals surface area contributed by atoms with Crippen molar-refractivity contribution < 1.29 is 14.3 Å². The number of aromatic amines is 1. The number of aromatic nitrogens is 2. The number of fused-ring (bicyclic) bond motifs is 2. The van der Waals surface area contributed by atoms with Crippen molar-refractivity contribution in [3.05, 3.63) is 47.8 Å². The first-order valence-electron chi connectivity index (χ1n) is 7.86. The molecular weight excluding hydrogens is 306 g/mol. The Hall–Kier alpha value is -3.02. The van der Waals surface area contributed by atoms with Gasteiger partial charge in [-0.15, -0.1) is 0 Å². The molecule has 6 nitrogen and oxygen atoms in total. The van der Waals surface area contributed by atoms with Crippen LogP contribution in [-0.4, -0.2) is 29.1 Å². The van der Waals surface area contributed by atoms with Crippen LogP contribution in [0, 0.1) is 6.92 Å². The minimum Gasteiger partial charge on any atom is -0.490 e. The van der Waals surface area contributed by atoms with E-state index in [4.69, 9.17) is 9.47 Å². The molecule has 0 atom stereocenters. The van der Waals surface area contributed by atoms with Crippen molar-refractivity contribution in [2.45, 2.75) is 13.3 Å². The zero-order chi connectivity index (χ0) is 16.5. The molecular formula is C18H17N3O3. The molecule has 1 aliphatic rings. The Balaban J connectivity index is 1.57. The Kier molecular flexibility index (Phi) is 3.57. The van der Waals surface area contributed by atoms with Crippen molar-refractivity contribution in [1.29, 1.82) is 0 Å². The van der Waals surface area contributed by atoms with Crippen molar-refractivity contribution in [2.24, 2.45) is 0 Å². The van der Waals surface area contributed by atoms with E-state index < -0.39 is 0 Å². The lowest BCUT2D eigenvalue weighted by Crippen LogP contribution is -2.12. The van der Waals surface area contributed by atoms with E-state index in [1.165, 1.54) is 0 Å². The number of carbonyl (C=O) groups excluding carboxylic acids is 1. The number of nitrogens with zero attached hydrogens (tertiary/aromatic N) is 1. The molecule has 4 rings (SSSR count). The number of benzene rings is 2. The fraction of sp³-hybridized carbons (Fsp3) is 0.222. The third-order valence-corrected chi connectivity index (χ3v) is 3.87. The summed E-state index contributed by atoms with van der Waals surface area (Å²) in [5.74, 6) is 1.94. The lowest BCUT2D eigenvalue weighted by atomic mass is 10.1. The quantitative estimate of drug-likeness (QED) is 0.759. The molecule has 2 N–H and O–H groups in total. The average molecular weight is 323 g/mol. The molecule has 0 saturated carbocycles. The Morgan fingerprint density at radius 1 is 1.12 bits per heavy atom. The number of anilines is 1. The lowest BCUT2D eigenvalue weighted by Gasteiger charge is -2.10. The number of rotatable bonds is 2. The molecule has 1 amide bonds. The van der Waals surface area contributed by atoms with Gasteiger partial charge in [0.15, 0.2) is 11.5 Å². The lowest BCUT2D eigenvalue weighted by molar-refractivity contribution is 0.102. The van der Waals surface area contributed by atoms with Crippen molar-refractivity contribution in [1.82, 2.24) is 9.97 Å². The molecule has 2 heterocycles. The molecule has 6 heteroatoms. The summed E-state index contributed by atoms with van der Waals surface area (Å²) >= 11 is 0. The maximum Gasteiger partial charge on any atom is 0.255 e. The van der Waals surface area contributed by atoms with E-state index in [2.05, 4.69) is 15.3 Å². The van der Waals surface area contributed by atoms with E-state index in [0.29, 0.717) is 36.0 Å². The van der Waals surface area contributed by atoms with Crippen LogP contribution in [0.5, 0.6) is 11.5 Å². The molecule has 0 bridgehead atoms. The van der Waals surface area contributed by atoms with E-state index in [0.717, 1.165) is 23.3 Å². The summed E-state index contributed by atoms with van der Waals surface area (Å²) in [4.78, 5) is 20.0. The van der Waals surface area contributed by atoms with Crippen LogP contribution >= 0.6 is 0 Å². The topological polar surface area (TPSA) is 76.2 Å². The molecule has 0 radical (unpaired) electrons. The van der Waals surface area contributed by atoms with Crippen molar-refractivity contribution in [3.63, 3.8) is 0 Å². The normalized spacial score (nSPS) is 13.5. The first-order chi connectivity index (χ1) is 11.7. The first-order valence-corrected chi connectivity index (χ1v) is 7.86. The van der Waals surface area contributed by atoms with Crippen molar-refractivity contribution in [3.8, 4) is 11.5 Å². The number of carbonyl (C=O) groups is 1. The van der Waals surface area contributed by atoms with Crippen LogP contribution in [0.1, 0.15) is 22.6 Å². The Morgan fingerprint density at radius 3 is 2.83 bits per heavy atom. The van der Waals surface area contributed by atoms with Crippen LogP contribution < -0.4 is 14.8 Å². The zero-order valence-corrected chi connectivity index (χ0v) is 13.3. The summed E-state index contributed by atoms with van der Waals surface area (Å²) in [6.45, 7) is 3.12. The molecule has 2 aromatic carbocycles. The average Bonchev–Trinajstić information content (AvgIpc) is 2.79. The van der Waals surface area contributed by atoms with Crippen molar-refractivity contribution in [2.75, 3.05) is 18.5 Å². The second-order valence-corrected chi connectivity index (χ2v) is 5.72. The summed E-state index contributed by atoms with van der Waals surface area (Å²) in [6, 6.07) is 10.8. The van der Waals surface area contributed by atoms with Gasteiger partial charge in [-0.2, -0.15) is 0 Å². The third-order valence-electron chi connectivity index (χ3n) is 3.87. The second kappa shape index (κ2) is 5.88. The number of amides is 1. The standard InChI is InChI=1S/C18H17N3O3/c1-11-19-14-5-4-13(10-15(14)20-11)21-18(22)12-3-6-16-17(9-12)24-8-2-7-23-16/h3-6,9-10H,2,7-8H2,1H3,(H,19,20)(H,21,22). The second-order valence-electron chi connectivity index (χ2n) is 5.72. The molecule has 1 aromatic heterocycles. The number of nitrogens with one attached hydrogen (secondary N) is 2. The van der Waals surface area contributed by atoms with E-state index >= 15 is 0 Å². The highest BCUT2D eigenvalue weighted by Gasteiger charge is 2.14. The number of hydrogen-bond donors (Lipinski definition) is 2. The van der Waals surface area contributed by atoms with Gasteiger partial charge in [-0.05, 0) is 43.3 Å². The van der Waals surface area contributed by atoms with Gasteiger partial charge < -0.3 is 19.8 Å². The van der Waals surface area contributed by atoms with Crippen LogP contribution in [0.25, 0.3) is 11.0 Å². The summed E-state index contributed by atoms with van der Waals surface area (Å²) in [7, 11) is 0. The number of hydrogen-bond acceptors (Lipinski definition) is 4. The number of H-pyrrole nitrogens is 1. The SMILES string of the molecule is Cc1nc2ccc(NC(=O)c3ccc4c(c3)OCCCO4)cc2[nH]1. The molecule has 0 spiro atoms. The molecule has 0 fully saturated rings. The van der Waals surface area contributed by atoms with Gasteiger partial charge in [0.25, 0.3) is 5.91 Å². The largest absolute Gasteiger partial charge is 0.490 e. The van der Waals surface area contributed by atoms with Gasteiger partial charge in [-0.1, -0.05) is 0 Å².